The molecule has 1 amide bonds. The summed E-state index contributed by atoms with van der Waals surface area (Å²) < 4.78 is 25.8. The lowest BCUT2D eigenvalue weighted by atomic mass is 10.00. The van der Waals surface area contributed by atoms with Gasteiger partial charge in [-0.05, 0) is 44.2 Å². The molecule has 2 rings (SSSR count). The molecule has 0 aliphatic carbocycles. The number of carbonyl (C=O) groups is 1. The van der Waals surface area contributed by atoms with E-state index in [-0.39, 0.29) is 18.9 Å². The fraction of sp³-hybridized carbons (Fsp3) is 0.611. The third kappa shape index (κ3) is 4.72. The normalized spacial score (nSPS) is 18.5. The molecule has 1 aliphatic rings. The van der Waals surface area contributed by atoms with E-state index in [1.54, 1.807) is 0 Å². The Morgan fingerprint density at radius 2 is 2.04 bits per heavy atom. The first kappa shape index (κ1) is 18.8. The van der Waals surface area contributed by atoms with Gasteiger partial charge in [-0.25, -0.2) is 8.42 Å². The van der Waals surface area contributed by atoms with Crippen molar-refractivity contribution in [2.45, 2.75) is 40.0 Å². The Kier molecular flexibility index (Phi) is 5.91. The van der Waals surface area contributed by atoms with E-state index in [0.29, 0.717) is 11.6 Å². The molecule has 134 valence electrons. The summed E-state index contributed by atoms with van der Waals surface area (Å²) in [6, 6.07) is 5.68. The zero-order valence-electron chi connectivity index (χ0n) is 15.1. The van der Waals surface area contributed by atoms with Crippen LogP contribution in [0.4, 0.5) is 5.69 Å². The van der Waals surface area contributed by atoms with E-state index >= 15 is 0 Å². The van der Waals surface area contributed by atoms with Crippen LogP contribution in [0.15, 0.2) is 18.2 Å². The summed E-state index contributed by atoms with van der Waals surface area (Å²) in [6.45, 7) is 7.77. The van der Waals surface area contributed by atoms with Gasteiger partial charge in [-0.15, -0.1) is 0 Å². The van der Waals surface area contributed by atoms with E-state index in [1.807, 2.05) is 36.9 Å². The summed E-state index contributed by atoms with van der Waals surface area (Å²) in [5.41, 5.74) is 2.64. The molecule has 1 heterocycles. The van der Waals surface area contributed by atoms with Crippen LogP contribution in [-0.2, 0) is 14.8 Å². The highest BCUT2D eigenvalue weighted by Gasteiger charge is 2.24. The summed E-state index contributed by atoms with van der Waals surface area (Å²) >= 11 is 0. The van der Waals surface area contributed by atoms with Gasteiger partial charge in [-0.1, -0.05) is 24.6 Å². The van der Waals surface area contributed by atoms with Crippen LogP contribution in [0.1, 0.15) is 37.3 Å². The van der Waals surface area contributed by atoms with Crippen LogP contribution in [-0.4, -0.2) is 45.1 Å². The van der Waals surface area contributed by atoms with Gasteiger partial charge in [0, 0.05) is 26.1 Å². The van der Waals surface area contributed by atoms with E-state index < -0.39 is 10.0 Å². The Labute approximate surface area is 145 Å². The molecule has 0 radical (unpaired) electrons. The molecule has 0 N–H and O–H groups in total. The van der Waals surface area contributed by atoms with Crippen LogP contribution in [0.5, 0.6) is 0 Å². The second-order valence-electron chi connectivity index (χ2n) is 6.96. The summed E-state index contributed by atoms with van der Waals surface area (Å²) in [5, 5.41) is 0. The maximum Gasteiger partial charge on any atom is 0.232 e. The zero-order valence-corrected chi connectivity index (χ0v) is 15.9. The molecule has 1 aromatic carbocycles. The number of piperidine rings is 1. The fourth-order valence-corrected chi connectivity index (χ4v) is 4.31. The summed E-state index contributed by atoms with van der Waals surface area (Å²) in [4.78, 5) is 14.3. The molecule has 0 spiro atoms. The molecule has 0 saturated carbocycles. The standard InChI is InChI=1S/C18H28N2O3S/c1-14-7-8-17(16(3)12-14)20(24(4,22)23)11-9-18(21)19-10-5-6-15(2)13-19/h7-8,12,15H,5-6,9-11,13H2,1-4H3. The number of hydrogen-bond acceptors (Lipinski definition) is 3. The van der Waals surface area contributed by atoms with E-state index in [0.717, 1.165) is 37.1 Å². The summed E-state index contributed by atoms with van der Waals surface area (Å²) in [5.74, 6) is 0.563. The lowest BCUT2D eigenvalue weighted by Crippen LogP contribution is -2.41. The van der Waals surface area contributed by atoms with E-state index in [4.69, 9.17) is 0 Å². The van der Waals surface area contributed by atoms with E-state index in [9.17, 15) is 13.2 Å². The average molecular weight is 353 g/mol. The number of benzene rings is 1. The van der Waals surface area contributed by atoms with Crippen LogP contribution in [0.25, 0.3) is 0 Å². The first-order chi connectivity index (χ1) is 11.2. The third-order valence-corrected chi connectivity index (χ3v) is 5.74. The molecule has 1 aliphatic heterocycles. The number of nitrogens with zero attached hydrogens (tertiary/aromatic N) is 2. The number of carbonyl (C=O) groups excluding carboxylic acids is 1. The van der Waals surface area contributed by atoms with Crippen LogP contribution >= 0.6 is 0 Å². The minimum atomic E-state index is -3.43. The van der Waals surface area contributed by atoms with Crippen molar-refractivity contribution in [1.29, 1.82) is 0 Å². The second kappa shape index (κ2) is 7.55. The number of likely N-dealkylation sites (tertiary alicyclic amines) is 1. The third-order valence-electron chi connectivity index (χ3n) is 4.56. The molecule has 1 fully saturated rings. The van der Waals surface area contributed by atoms with Crippen molar-refractivity contribution in [3.8, 4) is 0 Å². The Bertz CT molecular complexity index is 700. The fourth-order valence-electron chi connectivity index (χ4n) is 3.32. The van der Waals surface area contributed by atoms with Crippen LogP contribution < -0.4 is 4.31 Å². The van der Waals surface area contributed by atoms with E-state index in [2.05, 4.69) is 6.92 Å². The highest BCUT2D eigenvalue weighted by atomic mass is 32.2. The van der Waals surface area contributed by atoms with E-state index in [1.165, 1.54) is 10.6 Å². The SMILES string of the molecule is Cc1ccc(N(CCC(=O)N2CCCC(C)C2)S(C)(=O)=O)c(C)c1. The molecule has 1 aromatic rings. The Morgan fingerprint density at radius 3 is 2.62 bits per heavy atom. The number of sulfonamides is 1. The van der Waals surface area contributed by atoms with Gasteiger partial charge in [0.05, 0.1) is 11.9 Å². The Hall–Kier alpha value is -1.56. The number of aryl methyl sites for hydroxylation is 2. The largest absolute Gasteiger partial charge is 0.342 e. The highest BCUT2D eigenvalue weighted by molar-refractivity contribution is 7.92. The monoisotopic (exact) mass is 352 g/mol. The minimum absolute atomic E-state index is 0.0416. The lowest BCUT2D eigenvalue weighted by Gasteiger charge is -2.32. The van der Waals surface area contributed by atoms with Crippen molar-refractivity contribution in [2.75, 3.05) is 30.2 Å². The van der Waals surface area contributed by atoms with Crippen molar-refractivity contribution in [3.05, 3.63) is 29.3 Å². The molecular formula is C18H28N2O3S. The van der Waals surface area contributed by atoms with Gasteiger partial charge in [0.2, 0.25) is 15.9 Å². The van der Waals surface area contributed by atoms with Crippen molar-refractivity contribution in [3.63, 3.8) is 0 Å². The Morgan fingerprint density at radius 1 is 1.33 bits per heavy atom. The second-order valence-corrected chi connectivity index (χ2v) is 8.87. The molecule has 1 atom stereocenters. The molecule has 5 nitrogen and oxygen atoms in total. The van der Waals surface area contributed by atoms with Crippen molar-refractivity contribution >= 4 is 21.6 Å². The highest BCUT2D eigenvalue weighted by Crippen LogP contribution is 2.24. The van der Waals surface area contributed by atoms with Crippen LogP contribution in [0, 0.1) is 19.8 Å². The maximum atomic E-state index is 12.4. The molecule has 1 saturated heterocycles. The Balaban J connectivity index is 2.11. The minimum Gasteiger partial charge on any atom is -0.342 e. The first-order valence-corrected chi connectivity index (χ1v) is 10.4. The van der Waals surface area contributed by atoms with Crippen molar-refractivity contribution in [2.24, 2.45) is 5.92 Å². The van der Waals surface area contributed by atoms with Crippen LogP contribution in [0.2, 0.25) is 0 Å². The molecule has 6 heteroatoms. The molecule has 0 bridgehead atoms. The number of amides is 1. The van der Waals surface area contributed by atoms with Gasteiger partial charge in [0.15, 0.2) is 0 Å². The molecule has 0 aromatic heterocycles. The summed E-state index contributed by atoms with van der Waals surface area (Å²) in [6.07, 6.45) is 3.59. The predicted molar refractivity (Wildman–Crippen MR) is 97.7 cm³/mol. The van der Waals surface area contributed by atoms with Gasteiger partial charge < -0.3 is 4.90 Å². The van der Waals surface area contributed by atoms with Gasteiger partial charge in [0.25, 0.3) is 0 Å². The number of rotatable bonds is 5. The quantitative estimate of drug-likeness (QED) is 0.819. The van der Waals surface area contributed by atoms with Gasteiger partial charge in [0.1, 0.15) is 0 Å². The number of hydrogen-bond donors (Lipinski definition) is 0. The average Bonchev–Trinajstić information content (AvgIpc) is 2.48. The number of anilines is 1. The first-order valence-electron chi connectivity index (χ1n) is 8.51. The topological polar surface area (TPSA) is 57.7 Å². The van der Waals surface area contributed by atoms with Crippen molar-refractivity contribution < 1.29 is 13.2 Å². The van der Waals surface area contributed by atoms with Gasteiger partial charge in [-0.3, -0.25) is 9.10 Å². The predicted octanol–water partition coefficient (Wildman–Crippen LogP) is 2.72. The van der Waals surface area contributed by atoms with Crippen molar-refractivity contribution in [1.82, 2.24) is 4.90 Å². The smallest absolute Gasteiger partial charge is 0.232 e. The zero-order chi connectivity index (χ0) is 17.9. The van der Waals surface area contributed by atoms with Gasteiger partial charge >= 0.3 is 0 Å². The van der Waals surface area contributed by atoms with Gasteiger partial charge in [-0.2, -0.15) is 0 Å². The summed E-state index contributed by atoms with van der Waals surface area (Å²) in [7, 11) is -3.43. The molecule has 24 heavy (non-hydrogen) atoms. The lowest BCUT2D eigenvalue weighted by molar-refractivity contribution is -0.132. The maximum absolute atomic E-state index is 12.4. The van der Waals surface area contributed by atoms with Crippen LogP contribution in [0.3, 0.4) is 0 Å². The molecule has 1 unspecified atom stereocenters. The molecular weight excluding hydrogens is 324 g/mol.